The molecule has 0 radical (unpaired) electrons. The molecule has 1 aliphatic carbocycles. The molecular weight excluding hydrogens is 356 g/mol. The fourth-order valence-electron chi connectivity index (χ4n) is 4.26. The van der Waals surface area contributed by atoms with Gasteiger partial charge in [-0.2, -0.15) is 0 Å². The molecular formula is C25H24N2Si. The van der Waals surface area contributed by atoms with E-state index in [2.05, 4.69) is 80.3 Å². The van der Waals surface area contributed by atoms with Crippen LogP contribution in [0.1, 0.15) is 11.1 Å². The summed E-state index contributed by atoms with van der Waals surface area (Å²) in [6.45, 7) is 7.22. The van der Waals surface area contributed by atoms with Crippen LogP contribution in [-0.4, -0.2) is 18.0 Å². The van der Waals surface area contributed by atoms with Crippen LogP contribution >= 0.6 is 0 Å². The van der Waals surface area contributed by atoms with Crippen LogP contribution in [0.4, 0.5) is 0 Å². The van der Waals surface area contributed by atoms with Gasteiger partial charge in [0.25, 0.3) is 0 Å². The molecule has 138 valence electrons. The lowest BCUT2D eigenvalue weighted by atomic mass is 9.90. The number of benzene rings is 3. The maximum atomic E-state index is 5.06. The SMILES string of the molecule is C[Si](C)(C)c1cc(-c2ncc3c(n2)-c2ccccc2CC3)cc2ccccc12. The first-order chi connectivity index (χ1) is 13.5. The summed E-state index contributed by atoms with van der Waals surface area (Å²) in [6.07, 6.45) is 4.13. The molecule has 0 atom stereocenters. The molecule has 0 spiro atoms. The van der Waals surface area contributed by atoms with Gasteiger partial charge in [-0.05, 0) is 40.8 Å². The average Bonchev–Trinajstić information content (AvgIpc) is 2.71. The van der Waals surface area contributed by atoms with Crippen LogP contribution in [0.5, 0.6) is 0 Å². The van der Waals surface area contributed by atoms with Gasteiger partial charge in [0.2, 0.25) is 0 Å². The van der Waals surface area contributed by atoms with Crippen molar-refractivity contribution in [3.8, 4) is 22.6 Å². The Morgan fingerprint density at radius 3 is 2.43 bits per heavy atom. The highest BCUT2D eigenvalue weighted by Gasteiger charge is 2.22. The van der Waals surface area contributed by atoms with Crippen LogP contribution < -0.4 is 5.19 Å². The zero-order chi connectivity index (χ0) is 19.3. The predicted octanol–water partition coefficient (Wildman–Crippen LogP) is 5.61. The van der Waals surface area contributed by atoms with Gasteiger partial charge in [0.05, 0.1) is 13.8 Å². The molecule has 28 heavy (non-hydrogen) atoms. The molecule has 0 saturated heterocycles. The van der Waals surface area contributed by atoms with Crippen molar-refractivity contribution in [1.82, 2.24) is 9.97 Å². The smallest absolute Gasteiger partial charge is 0.159 e. The van der Waals surface area contributed by atoms with Crippen molar-refractivity contribution < 1.29 is 0 Å². The highest BCUT2D eigenvalue weighted by molar-refractivity contribution is 6.90. The van der Waals surface area contributed by atoms with Gasteiger partial charge in [0.15, 0.2) is 5.82 Å². The molecule has 0 aliphatic heterocycles. The van der Waals surface area contributed by atoms with E-state index in [1.54, 1.807) is 0 Å². The summed E-state index contributed by atoms with van der Waals surface area (Å²) in [6, 6.07) is 21.9. The van der Waals surface area contributed by atoms with Crippen LogP contribution in [0.2, 0.25) is 19.6 Å². The minimum atomic E-state index is -1.50. The lowest BCUT2D eigenvalue weighted by molar-refractivity contribution is 0.913. The zero-order valence-corrected chi connectivity index (χ0v) is 17.7. The second-order valence-corrected chi connectivity index (χ2v) is 13.8. The molecule has 3 heteroatoms. The number of aromatic nitrogens is 2. The molecule has 0 saturated carbocycles. The van der Waals surface area contributed by atoms with Gasteiger partial charge >= 0.3 is 0 Å². The molecule has 0 fully saturated rings. The van der Waals surface area contributed by atoms with Gasteiger partial charge in [-0.25, -0.2) is 9.97 Å². The van der Waals surface area contributed by atoms with E-state index in [1.165, 1.54) is 32.6 Å². The quantitative estimate of drug-likeness (QED) is 0.423. The van der Waals surface area contributed by atoms with Gasteiger partial charge in [-0.15, -0.1) is 0 Å². The van der Waals surface area contributed by atoms with Crippen LogP contribution in [-0.2, 0) is 12.8 Å². The Hall–Kier alpha value is -2.78. The fourth-order valence-corrected chi connectivity index (χ4v) is 5.89. The molecule has 4 aromatic rings. The number of fused-ring (bicyclic) bond motifs is 4. The summed E-state index contributed by atoms with van der Waals surface area (Å²) < 4.78 is 0. The Labute approximate surface area is 167 Å². The summed E-state index contributed by atoms with van der Waals surface area (Å²) in [5.74, 6) is 0.834. The first kappa shape index (κ1) is 17.3. The van der Waals surface area contributed by atoms with Crippen LogP contribution in [0, 0.1) is 0 Å². The highest BCUT2D eigenvalue weighted by Crippen LogP contribution is 2.33. The monoisotopic (exact) mass is 380 g/mol. The highest BCUT2D eigenvalue weighted by atomic mass is 28.3. The molecule has 0 amide bonds. The topological polar surface area (TPSA) is 25.8 Å². The Kier molecular flexibility index (Phi) is 3.95. The van der Waals surface area contributed by atoms with Gasteiger partial charge in [-0.1, -0.05) is 79.4 Å². The van der Waals surface area contributed by atoms with Gasteiger partial charge < -0.3 is 0 Å². The third kappa shape index (κ3) is 2.87. The first-order valence-electron chi connectivity index (χ1n) is 9.98. The van der Waals surface area contributed by atoms with Gasteiger partial charge in [0.1, 0.15) is 0 Å². The van der Waals surface area contributed by atoms with Crippen molar-refractivity contribution in [2.24, 2.45) is 0 Å². The largest absolute Gasteiger partial charge is 0.236 e. The van der Waals surface area contributed by atoms with E-state index < -0.39 is 8.07 Å². The number of aryl methyl sites for hydroxylation is 2. The Morgan fingerprint density at radius 2 is 1.57 bits per heavy atom. The minimum Gasteiger partial charge on any atom is -0.236 e. The van der Waals surface area contributed by atoms with E-state index in [9.17, 15) is 0 Å². The summed E-state index contributed by atoms with van der Waals surface area (Å²) in [5.41, 5.74) is 6.14. The standard InChI is InChI=1S/C25H24N2Si/c1-28(2,3)23-15-20(14-18-9-5-6-10-21(18)23)25-26-16-19-13-12-17-8-4-7-11-22(17)24(19)27-25/h4-11,14-16H,12-13H2,1-3H3. The van der Waals surface area contributed by atoms with E-state index in [-0.39, 0.29) is 0 Å². The van der Waals surface area contributed by atoms with Crippen molar-refractivity contribution in [3.05, 3.63) is 78.0 Å². The van der Waals surface area contributed by atoms with E-state index >= 15 is 0 Å². The number of rotatable bonds is 2. The number of hydrogen-bond acceptors (Lipinski definition) is 2. The average molecular weight is 381 g/mol. The van der Waals surface area contributed by atoms with Crippen molar-refractivity contribution in [1.29, 1.82) is 0 Å². The second-order valence-electron chi connectivity index (χ2n) is 8.72. The molecule has 1 heterocycles. The van der Waals surface area contributed by atoms with Crippen molar-refractivity contribution in [2.45, 2.75) is 32.5 Å². The van der Waals surface area contributed by atoms with E-state index in [1.807, 2.05) is 6.20 Å². The van der Waals surface area contributed by atoms with Gasteiger partial charge in [0, 0.05) is 17.3 Å². The third-order valence-electron chi connectivity index (χ3n) is 5.73. The first-order valence-corrected chi connectivity index (χ1v) is 13.5. The summed E-state index contributed by atoms with van der Waals surface area (Å²) in [7, 11) is -1.50. The Balaban J connectivity index is 1.72. The van der Waals surface area contributed by atoms with Crippen LogP contribution in [0.25, 0.3) is 33.4 Å². The molecule has 0 unspecified atom stereocenters. The van der Waals surface area contributed by atoms with E-state index in [4.69, 9.17) is 9.97 Å². The normalized spacial score (nSPS) is 13.2. The van der Waals surface area contributed by atoms with Gasteiger partial charge in [-0.3, -0.25) is 0 Å². The number of nitrogens with zero attached hydrogens (tertiary/aromatic N) is 2. The van der Waals surface area contributed by atoms with Crippen molar-refractivity contribution in [3.63, 3.8) is 0 Å². The molecule has 2 nitrogen and oxygen atoms in total. The second kappa shape index (κ2) is 6.38. The van der Waals surface area contributed by atoms with E-state index in [0.717, 1.165) is 29.9 Å². The Bertz CT molecular complexity index is 1200. The van der Waals surface area contributed by atoms with Crippen molar-refractivity contribution in [2.75, 3.05) is 0 Å². The molecule has 0 N–H and O–H groups in total. The van der Waals surface area contributed by atoms with Crippen LogP contribution in [0.15, 0.2) is 66.9 Å². The molecule has 1 aliphatic rings. The summed E-state index contributed by atoms with van der Waals surface area (Å²) in [4.78, 5) is 9.83. The number of hydrogen-bond donors (Lipinski definition) is 0. The lowest BCUT2D eigenvalue weighted by Crippen LogP contribution is -2.38. The zero-order valence-electron chi connectivity index (χ0n) is 16.7. The summed E-state index contributed by atoms with van der Waals surface area (Å²) in [5, 5.41) is 4.12. The third-order valence-corrected chi connectivity index (χ3v) is 7.76. The van der Waals surface area contributed by atoms with Crippen molar-refractivity contribution >= 4 is 24.0 Å². The predicted molar refractivity (Wildman–Crippen MR) is 121 cm³/mol. The van der Waals surface area contributed by atoms with Crippen LogP contribution in [0.3, 0.4) is 0 Å². The Morgan fingerprint density at radius 1 is 0.821 bits per heavy atom. The maximum absolute atomic E-state index is 5.06. The molecule has 0 bridgehead atoms. The lowest BCUT2D eigenvalue weighted by Gasteiger charge is -2.22. The maximum Gasteiger partial charge on any atom is 0.159 e. The fraction of sp³-hybridized carbons (Fsp3) is 0.200. The van der Waals surface area contributed by atoms with E-state index in [0.29, 0.717) is 0 Å². The minimum absolute atomic E-state index is 0.834. The molecule has 3 aromatic carbocycles. The molecule has 5 rings (SSSR count). The summed E-state index contributed by atoms with van der Waals surface area (Å²) >= 11 is 0. The molecule has 1 aromatic heterocycles.